The van der Waals surface area contributed by atoms with Crippen LogP contribution in [0.2, 0.25) is 5.02 Å². The van der Waals surface area contributed by atoms with E-state index in [4.69, 9.17) is 17.3 Å². The van der Waals surface area contributed by atoms with Crippen LogP contribution in [0, 0.1) is 0 Å². The van der Waals surface area contributed by atoms with E-state index >= 15 is 0 Å². The molecule has 0 spiro atoms. The molecule has 2 unspecified atom stereocenters. The highest BCUT2D eigenvalue weighted by atomic mass is 35.5. The number of hydrogen-bond donors (Lipinski definition) is 2. The van der Waals surface area contributed by atoms with Gasteiger partial charge in [0, 0.05) is 34.6 Å². The van der Waals surface area contributed by atoms with Crippen LogP contribution in [-0.4, -0.2) is 38.5 Å². The average Bonchev–Trinajstić information content (AvgIpc) is 3.24. The number of carbonyl (C=O) groups is 1. The molecule has 0 bridgehead atoms. The third-order valence-corrected chi connectivity index (χ3v) is 5.75. The number of rotatable bonds is 3. The van der Waals surface area contributed by atoms with Crippen LogP contribution in [0.3, 0.4) is 0 Å². The third-order valence-electron chi connectivity index (χ3n) is 4.68. The van der Waals surface area contributed by atoms with Crippen molar-refractivity contribution in [2.45, 2.75) is 37.3 Å². The summed E-state index contributed by atoms with van der Waals surface area (Å²) in [4.78, 5) is 16.7. The first-order valence-corrected chi connectivity index (χ1v) is 9.64. The maximum atomic E-state index is 14.1. The number of nitrogens with two attached hydrogens (primary N) is 1. The van der Waals surface area contributed by atoms with Crippen LogP contribution < -0.4 is 11.1 Å². The number of thiazole rings is 1. The summed E-state index contributed by atoms with van der Waals surface area (Å²) in [6.07, 6.45) is 3.85. The molecule has 10 heteroatoms. The molecular weight excluding hydrogens is 396 g/mol. The predicted octanol–water partition coefficient (Wildman–Crippen LogP) is 3.36. The number of amides is 1. The molecule has 1 amide bonds. The normalized spacial score (nSPS) is 22.1. The Morgan fingerprint density at radius 1 is 1.48 bits per heavy atom. The summed E-state index contributed by atoms with van der Waals surface area (Å²) >= 11 is 7.11. The van der Waals surface area contributed by atoms with Crippen molar-refractivity contribution in [3.63, 3.8) is 0 Å². The van der Waals surface area contributed by atoms with Crippen LogP contribution in [0.15, 0.2) is 29.9 Å². The van der Waals surface area contributed by atoms with Gasteiger partial charge in [-0.05, 0) is 25.0 Å². The van der Waals surface area contributed by atoms with Crippen LogP contribution in [-0.2, 0) is 0 Å². The summed E-state index contributed by atoms with van der Waals surface area (Å²) in [5.74, 6) is -3.67. The van der Waals surface area contributed by atoms with E-state index in [2.05, 4.69) is 15.4 Å². The summed E-state index contributed by atoms with van der Waals surface area (Å²) in [6, 6.07) is 1.28. The van der Waals surface area contributed by atoms with Crippen LogP contribution in [0.1, 0.15) is 29.1 Å². The highest BCUT2D eigenvalue weighted by Gasteiger charge is 2.46. The first kappa shape index (κ1) is 18.3. The SMILES string of the molecule is NC1CCCC(F)(F)C1NC(=O)c1nc(-c2cnn3ccc(Cl)cc23)cs1. The van der Waals surface area contributed by atoms with E-state index in [1.54, 1.807) is 34.4 Å². The van der Waals surface area contributed by atoms with Gasteiger partial charge in [-0.25, -0.2) is 18.3 Å². The minimum absolute atomic E-state index is 0.0972. The lowest BCUT2D eigenvalue weighted by Gasteiger charge is -2.36. The van der Waals surface area contributed by atoms with Crippen LogP contribution in [0.4, 0.5) is 8.78 Å². The van der Waals surface area contributed by atoms with Crippen molar-refractivity contribution in [2.75, 3.05) is 0 Å². The van der Waals surface area contributed by atoms with Crippen molar-refractivity contribution in [3.05, 3.63) is 39.9 Å². The molecular formula is C17H16ClF2N5OS. The van der Waals surface area contributed by atoms with Crippen LogP contribution in [0.5, 0.6) is 0 Å². The maximum absolute atomic E-state index is 14.1. The van der Waals surface area contributed by atoms with E-state index in [9.17, 15) is 13.6 Å². The number of pyridine rings is 1. The van der Waals surface area contributed by atoms with E-state index in [-0.39, 0.29) is 11.4 Å². The molecule has 27 heavy (non-hydrogen) atoms. The molecule has 1 aliphatic carbocycles. The Labute approximate surface area is 162 Å². The first-order chi connectivity index (χ1) is 12.8. The van der Waals surface area contributed by atoms with Crippen molar-refractivity contribution < 1.29 is 13.6 Å². The smallest absolute Gasteiger partial charge is 0.280 e. The van der Waals surface area contributed by atoms with Crippen molar-refractivity contribution in [3.8, 4) is 11.3 Å². The molecule has 6 nitrogen and oxygen atoms in total. The molecule has 1 saturated carbocycles. The van der Waals surface area contributed by atoms with Gasteiger partial charge in [-0.1, -0.05) is 11.6 Å². The maximum Gasteiger partial charge on any atom is 0.280 e. The number of hydrogen-bond acceptors (Lipinski definition) is 5. The molecule has 3 heterocycles. The number of alkyl halides is 2. The topological polar surface area (TPSA) is 85.3 Å². The zero-order valence-corrected chi connectivity index (χ0v) is 15.6. The number of nitrogens with zero attached hydrogens (tertiary/aromatic N) is 3. The molecule has 0 radical (unpaired) electrons. The fourth-order valence-corrected chi connectivity index (χ4v) is 4.16. The molecule has 2 atom stereocenters. The number of carbonyl (C=O) groups excluding carboxylic acids is 1. The van der Waals surface area contributed by atoms with Gasteiger partial charge >= 0.3 is 0 Å². The molecule has 1 fully saturated rings. The van der Waals surface area contributed by atoms with Crippen molar-refractivity contribution in [1.82, 2.24) is 19.9 Å². The largest absolute Gasteiger partial charge is 0.340 e. The minimum Gasteiger partial charge on any atom is -0.340 e. The second-order valence-corrected chi connectivity index (χ2v) is 7.83. The number of halogens is 3. The number of nitrogens with one attached hydrogen (secondary N) is 1. The predicted molar refractivity (Wildman–Crippen MR) is 99.3 cm³/mol. The van der Waals surface area contributed by atoms with Crippen LogP contribution >= 0.6 is 22.9 Å². The third kappa shape index (κ3) is 3.42. The van der Waals surface area contributed by atoms with Crippen LogP contribution in [0.25, 0.3) is 16.8 Å². The van der Waals surface area contributed by atoms with Gasteiger partial charge in [0.15, 0.2) is 5.01 Å². The Hall–Kier alpha value is -2.10. The van der Waals surface area contributed by atoms with Crippen molar-refractivity contribution in [1.29, 1.82) is 0 Å². The fraction of sp³-hybridized carbons (Fsp3) is 0.353. The zero-order chi connectivity index (χ0) is 19.2. The molecule has 3 aromatic rings. The molecule has 0 aromatic carbocycles. The molecule has 142 valence electrons. The standard InChI is InChI=1S/C17H16ClF2N5OS/c18-9-3-5-25-13(6-9)10(7-22-25)12-8-27-16(23-12)15(26)24-14-11(21)2-1-4-17(14,19)20/h3,5-8,11,14H,1-2,4,21H2,(H,24,26). The summed E-state index contributed by atoms with van der Waals surface area (Å²) in [6.45, 7) is 0. The van der Waals surface area contributed by atoms with E-state index < -0.39 is 23.9 Å². The molecule has 0 aliphatic heterocycles. The molecule has 4 rings (SSSR count). The van der Waals surface area contributed by atoms with Gasteiger partial charge in [-0.15, -0.1) is 11.3 Å². The lowest BCUT2D eigenvalue weighted by molar-refractivity contribution is -0.0674. The molecule has 3 aromatic heterocycles. The Morgan fingerprint density at radius 2 is 2.30 bits per heavy atom. The molecule has 1 aliphatic rings. The second kappa shape index (κ2) is 6.81. The molecule has 0 saturated heterocycles. The zero-order valence-electron chi connectivity index (χ0n) is 14.0. The van der Waals surface area contributed by atoms with E-state index in [0.717, 1.165) is 16.9 Å². The highest BCUT2D eigenvalue weighted by molar-refractivity contribution is 7.12. The van der Waals surface area contributed by atoms with E-state index in [1.807, 2.05) is 0 Å². The van der Waals surface area contributed by atoms with Gasteiger partial charge in [0.25, 0.3) is 11.8 Å². The summed E-state index contributed by atoms with van der Waals surface area (Å²) in [7, 11) is 0. The summed E-state index contributed by atoms with van der Waals surface area (Å²) < 4.78 is 29.8. The highest BCUT2D eigenvalue weighted by Crippen LogP contribution is 2.33. The second-order valence-electron chi connectivity index (χ2n) is 6.54. The number of fused-ring (bicyclic) bond motifs is 1. The van der Waals surface area contributed by atoms with Gasteiger partial charge in [0.1, 0.15) is 6.04 Å². The monoisotopic (exact) mass is 411 g/mol. The van der Waals surface area contributed by atoms with Gasteiger partial charge in [-0.3, -0.25) is 4.79 Å². The lowest BCUT2D eigenvalue weighted by atomic mass is 9.87. The van der Waals surface area contributed by atoms with Gasteiger partial charge in [0.05, 0.1) is 17.4 Å². The molecule has 3 N–H and O–H groups in total. The first-order valence-electron chi connectivity index (χ1n) is 8.38. The average molecular weight is 412 g/mol. The van der Waals surface area contributed by atoms with Gasteiger partial charge in [0.2, 0.25) is 0 Å². The van der Waals surface area contributed by atoms with Gasteiger partial charge < -0.3 is 11.1 Å². The van der Waals surface area contributed by atoms with E-state index in [0.29, 0.717) is 29.1 Å². The van der Waals surface area contributed by atoms with Gasteiger partial charge in [-0.2, -0.15) is 5.10 Å². The summed E-state index contributed by atoms with van der Waals surface area (Å²) in [5.41, 5.74) is 7.77. The minimum atomic E-state index is -3.02. The van der Waals surface area contributed by atoms with E-state index in [1.165, 1.54) is 0 Å². The Morgan fingerprint density at radius 3 is 3.07 bits per heavy atom. The quantitative estimate of drug-likeness (QED) is 0.692. The summed E-state index contributed by atoms with van der Waals surface area (Å²) in [5, 5.41) is 8.92. The number of aromatic nitrogens is 3. The fourth-order valence-electron chi connectivity index (χ4n) is 3.28. The Balaban J connectivity index is 1.58. The lowest BCUT2D eigenvalue weighted by Crippen LogP contribution is -2.59. The Bertz CT molecular complexity index is 1000. The van der Waals surface area contributed by atoms with Crippen molar-refractivity contribution >= 4 is 34.4 Å². The Kier molecular flexibility index (Phi) is 4.61. The van der Waals surface area contributed by atoms with Crippen molar-refractivity contribution in [2.24, 2.45) is 5.73 Å².